The molecule has 2 aromatic rings. The Hall–Kier alpha value is -1.59. The first-order chi connectivity index (χ1) is 9.92. The topological polar surface area (TPSA) is 38.7 Å². The first-order valence-corrected chi connectivity index (χ1v) is 7.21. The van der Waals surface area contributed by atoms with Crippen molar-refractivity contribution < 1.29 is 19.0 Å². The fraction of sp³-hybridized carbons (Fsp3) is 0.250. The molecule has 0 aliphatic heterocycles. The lowest BCUT2D eigenvalue weighted by Crippen LogP contribution is -1.99. The van der Waals surface area contributed by atoms with Crippen molar-refractivity contribution in [3.63, 3.8) is 0 Å². The van der Waals surface area contributed by atoms with Crippen LogP contribution in [-0.4, -0.2) is 12.2 Å². The van der Waals surface area contributed by atoms with Crippen LogP contribution in [0, 0.1) is 12.7 Å². The Kier molecular flexibility index (Phi) is 4.85. The van der Waals surface area contributed by atoms with Crippen molar-refractivity contribution in [1.82, 2.24) is 0 Å². The largest absolute Gasteiger partial charge is 0.497 e. The van der Waals surface area contributed by atoms with E-state index in [9.17, 15) is 9.50 Å². The third-order valence-electron chi connectivity index (χ3n) is 3.10. The zero-order valence-electron chi connectivity index (χ0n) is 12.0. The van der Waals surface area contributed by atoms with Gasteiger partial charge in [0.15, 0.2) is 0 Å². The van der Waals surface area contributed by atoms with E-state index in [0.717, 1.165) is 0 Å². The van der Waals surface area contributed by atoms with Crippen LogP contribution < -0.4 is 9.47 Å². The number of rotatable bonds is 4. The molecule has 0 aromatic heterocycles. The lowest BCUT2D eigenvalue weighted by atomic mass is 10.1. The van der Waals surface area contributed by atoms with Gasteiger partial charge in [-0.3, -0.25) is 0 Å². The molecule has 2 aromatic carbocycles. The molecular weight excluding hydrogens is 339 g/mol. The van der Waals surface area contributed by atoms with Gasteiger partial charge in [0, 0.05) is 5.56 Å². The second-order valence-corrected chi connectivity index (χ2v) is 5.57. The van der Waals surface area contributed by atoms with Crippen LogP contribution in [0.3, 0.4) is 0 Å². The molecule has 0 radical (unpaired) electrons. The molecule has 0 unspecified atom stereocenters. The van der Waals surface area contributed by atoms with Crippen LogP contribution in [0.5, 0.6) is 17.2 Å². The smallest absolute Gasteiger partial charge is 0.141 e. The summed E-state index contributed by atoms with van der Waals surface area (Å²) in [6.07, 6.45) is -0.827. The highest BCUT2D eigenvalue weighted by molar-refractivity contribution is 9.10. The third-order valence-corrected chi connectivity index (χ3v) is 3.72. The first-order valence-electron chi connectivity index (χ1n) is 6.42. The summed E-state index contributed by atoms with van der Waals surface area (Å²) in [5.41, 5.74) is 0.861. The molecule has 0 bridgehead atoms. The van der Waals surface area contributed by atoms with E-state index in [1.165, 1.54) is 6.07 Å². The van der Waals surface area contributed by atoms with Crippen molar-refractivity contribution in [2.45, 2.75) is 20.0 Å². The van der Waals surface area contributed by atoms with Gasteiger partial charge in [0.1, 0.15) is 23.1 Å². The molecule has 0 saturated heterocycles. The van der Waals surface area contributed by atoms with Crippen molar-refractivity contribution in [1.29, 1.82) is 0 Å². The number of aliphatic hydroxyl groups is 1. The summed E-state index contributed by atoms with van der Waals surface area (Å²) in [5.74, 6) is 1.31. The summed E-state index contributed by atoms with van der Waals surface area (Å²) in [4.78, 5) is 0. The van der Waals surface area contributed by atoms with Crippen LogP contribution in [0.2, 0.25) is 0 Å². The normalized spacial score (nSPS) is 12.1. The predicted octanol–water partition coefficient (Wildman–Crippen LogP) is 4.75. The van der Waals surface area contributed by atoms with Crippen molar-refractivity contribution in [3.05, 3.63) is 51.7 Å². The Bertz CT molecular complexity index is 656. The lowest BCUT2D eigenvalue weighted by molar-refractivity contribution is 0.195. The fourth-order valence-corrected chi connectivity index (χ4v) is 2.33. The van der Waals surface area contributed by atoms with Gasteiger partial charge in [0.25, 0.3) is 0 Å². The molecule has 1 N–H and O–H groups in total. The fourth-order valence-electron chi connectivity index (χ4n) is 1.90. The molecule has 0 fully saturated rings. The number of hydrogen-bond acceptors (Lipinski definition) is 3. The Morgan fingerprint density at radius 1 is 1.19 bits per heavy atom. The van der Waals surface area contributed by atoms with Gasteiger partial charge in [-0.05, 0) is 65.7 Å². The van der Waals surface area contributed by atoms with Crippen LogP contribution in [-0.2, 0) is 0 Å². The van der Waals surface area contributed by atoms with Crippen LogP contribution in [0.15, 0.2) is 34.8 Å². The number of halogens is 2. The highest BCUT2D eigenvalue weighted by Crippen LogP contribution is 2.36. The molecule has 0 spiro atoms. The third kappa shape index (κ3) is 3.54. The number of methoxy groups -OCH3 is 1. The molecular formula is C16H16BrFO3. The quantitative estimate of drug-likeness (QED) is 0.860. The van der Waals surface area contributed by atoms with Crippen LogP contribution >= 0.6 is 15.9 Å². The monoisotopic (exact) mass is 354 g/mol. The van der Waals surface area contributed by atoms with Crippen LogP contribution in [0.1, 0.15) is 24.2 Å². The minimum atomic E-state index is -0.827. The summed E-state index contributed by atoms with van der Waals surface area (Å²) in [7, 11) is 1.58. The van der Waals surface area contributed by atoms with Gasteiger partial charge in [-0.1, -0.05) is 0 Å². The van der Waals surface area contributed by atoms with Crippen molar-refractivity contribution in [2.24, 2.45) is 0 Å². The molecule has 2 rings (SSSR count). The number of ether oxygens (including phenoxy) is 2. The van der Waals surface area contributed by atoms with Gasteiger partial charge in [-0.15, -0.1) is 0 Å². The van der Waals surface area contributed by atoms with E-state index in [0.29, 0.717) is 32.8 Å². The molecule has 0 aliphatic rings. The molecule has 0 heterocycles. The van der Waals surface area contributed by atoms with Crippen LogP contribution in [0.25, 0.3) is 0 Å². The maximum absolute atomic E-state index is 13.6. The van der Waals surface area contributed by atoms with Crippen molar-refractivity contribution >= 4 is 15.9 Å². The Morgan fingerprint density at radius 2 is 1.90 bits per heavy atom. The minimum Gasteiger partial charge on any atom is -0.497 e. The second-order valence-electron chi connectivity index (χ2n) is 4.71. The second kappa shape index (κ2) is 6.45. The van der Waals surface area contributed by atoms with E-state index < -0.39 is 6.10 Å². The number of aliphatic hydroxyl groups excluding tert-OH is 1. The average molecular weight is 355 g/mol. The maximum Gasteiger partial charge on any atom is 0.141 e. The van der Waals surface area contributed by atoms with E-state index in [1.807, 2.05) is 0 Å². The van der Waals surface area contributed by atoms with Crippen molar-refractivity contribution in [3.8, 4) is 17.2 Å². The summed E-state index contributed by atoms with van der Waals surface area (Å²) in [6.45, 7) is 3.22. The molecule has 1 atom stereocenters. The van der Waals surface area contributed by atoms with E-state index in [4.69, 9.17) is 9.47 Å². The highest BCUT2D eigenvalue weighted by atomic mass is 79.9. The predicted molar refractivity (Wildman–Crippen MR) is 82.5 cm³/mol. The Morgan fingerprint density at radius 3 is 2.48 bits per heavy atom. The highest BCUT2D eigenvalue weighted by Gasteiger charge is 2.15. The van der Waals surface area contributed by atoms with E-state index in [-0.39, 0.29) is 5.82 Å². The number of aryl methyl sites for hydroxylation is 1. The summed E-state index contributed by atoms with van der Waals surface area (Å²) < 4.78 is 25.3. The zero-order chi connectivity index (χ0) is 15.6. The SMILES string of the molecule is COc1ccc(Oc2cc(C)c(F)cc2[C@@H](C)O)c(Br)c1. The molecule has 3 nitrogen and oxygen atoms in total. The molecule has 21 heavy (non-hydrogen) atoms. The standard InChI is InChI=1S/C16H16BrFO3/c1-9-6-16(12(10(2)19)8-14(9)18)21-15-5-4-11(20-3)7-13(15)17/h4-8,10,19H,1-3H3/t10-/m1/s1. The van der Waals surface area contributed by atoms with Gasteiger partial charge in [0.2, 0.25) is 0 Å². The van der Waals surface area contributed by atoms with E-state index in [2.05, 4.69) is 15.9 Å². The van der Waals surface area contributed by atoms with Crippen molar-refractivity contribution in [2.75, 3.05) is 7.11 Å². The summed E-state index contributed by atoms with van der Waals surface area (Å²) in [6, 6.07) is 8.15. The van der Waals surface area contributed by atoms with Crippen LogP contribution in [0.4, 0.5) is 4.39 Å². The van der Waals surface area contributed by atoms with Gasteiger partial charge in [-0.2, -0.15) is 0 Å². The van der Waals surface area contributed by atoms with Gasteiger partial charge >= 0.3 is 0 Å². The molecule has 0 amide bonds. The minimum absolute atomic E-state index is 0.368. The van der Waals surface area contributed by atoms with E-state index in [1.54, 1.807) is 45.2 Å². The number of benzene rings is 2. The number of hydrogen-bond donors (Lipinski definition) is 1. The Balaban J connectivity index is 2.41. The molecule has 5 heteroatoms. The van der Waals surface area contributed by atoms with Gasteiger partial charge in [-0.25, -0.2) is 4.39 Å². The maximum atomic E-state index is 13.6. The van der Waals surface area contributed by atoms with Gasteiger partial charge in [0.05, 0.1) is 17.7 Å². The lowest BCUT2D eigenvalue weighted by Gasteiger charge is -2.16. The van der Waals surface area contributed by atoms with Gasteiger partial charge < -0.3 is 14.6 Å². The average Bonchev–Trinajstić information content (AvgIpc) is 2.44. The summed E-state index contributed by atoms with van der Waals surface area (Å²) in [5, 5.41) is 9.77. The van der Waals surface area contributed by atoms with E-state index >= 15 is 0 Å². The molecule has 0 aliphatic carbocycles. The zero-order valence-corrected chi connectivity index (χ0v) is 13.6. The summed E-state index contributed by atoms with van der Waals surface area (Å²) >= 11 is 3.40. The first kappa shape index (κ1) is 15.8. The molecule has 0 saturated carbocycles. The Labute approximate surface area is 131 Å². The molecule has 112 valence electrons.